The number of hydrogen-bond donors (Lipinski definition) is 0. The molecule has 5 nitrogen and oxygen atoms in total. The molecule has 2 aromatic rings. The van der Waals surface area contributed by atoms with Crippen LogP contribution in [0.5, 0.6) is 11.5 Å². The summed E-state index contributed by atoms with van der Waals surface area (Å²) in [6.45, 7) is 3.19. The Hall–Kier alpha value is -2.86. The van der Waals surface area contributed by atoms with Crippen LogP contribution in [0.4, 0.5) is 4.39 Å². The molecule has 2 heterocycles. The Balaban J connectivity index is 1.42. The first-order chi connectivity index (χ1) is 15.0. The maximum Gasteiger partial charge on any atom is 0.254 e. The van der Waals surface area contributed by atoms with Crippen LogP contribution >= 0.6 is 0 Å². The second kappa shape index (κ2) is 9.52. The van der Waals surface area contributed by atoms with E-state index in [1.165, 1.54) is 12.1 Å². The van der Waals surface area contributed by atoms with E-state index in [4.69, 9.17) is 9.47 Å². The van der Waals surface area contributed by atoms with Gasteiger partial charge in [-0.25, -0.2) is 4.39 Å². The molecule has 31 heavy (non-hydrogen) atoms. The number of likely N-dealkylation sites (tertiary alicyclic amines) is 1. The van der Waals surface area contributed by atoms with Crippen LogP contribution in [0.25, 0.3) is 5.57 Å². The Bertz CT molecular complexity index is 950. The van der Waals surface area contributed by atoms with Crippen molar-refractivity contribution in [3.63, 3.8) is 0 Å². The van der Waals surface area contributed by atoms with Gasteiger partial charge in [-0.3, -0.25) is 4.79 Å². The Morgan fingerprint density at radius 1 is 1.03 bits per heavy atom. The number of benzene rings is 2. The first-order valence-corrected chi connectivity index (χ1v) is 10.8. The highest BCUT2D eigenvalue weighted by Crippen LogP contribution is 2.31. The van der Waals surface area contributed by atoms with Crippen LogP contribution < -0.4 is 9.47 Å². The third-order valence-electron chi connectivity index (χ3n) is 6.08. The minimum absolute atomic E-state index is 0.0291. The van der Waals surface area contributed by atoms with E-state index in [9.17, 15) is 9.18 Å². The molecule has 164 valence electrons. The molecule has 0 radical (unpaired) electrons. The van der Waals surface area contributed by atoms with Crippen LogP contribution in [0.2, 0.25) is 0 Å². The molecule has 0 saturated carbocycles. The van der Waals surface area contributed by atoms with Crippen LogP contribution in [0.3, 0.4) is 0 Å². The number of methoxy groups -OCH3 is 1. The SMILES string of the molecule is COc1cc(C(=O)N2CC=C(c3ccc(F)cc3)CC2)ccc1OC1CCN(C)CC1. The molecule has 2 aromatic carbocycles. The molecule has 0 aliphatic carbocycles. The molecule has 0 unspecified atom stereocenters. The Kier molecular flexibility index (Phi) is 6.56. The lowest BCUT2D eigenvalue weighted by molar-refractivity contribution is 0.0772. The molecule has 1 saturated heterocycles. The number of nitrogens with zero attached hydrogens (tertiary/aromatic N) is 2. The van der Waals surface area contributed by atoms with Crippen molar-refractivity contribution in [2.45, 2.75) is 25.4 Å². The molecule has 0 atom stereocenters. The summed E-state index contributed by atoms with van der Waals surface area (Å²) in [5.41, 5.74) is 2.74. The summed E-state index contributed by atoms with van der Waals surface area (Å²) in [5.74, 6) is 1.00. The molecule has 2 aliphatic heterocycles. The van der Waals surface area contributed by atoms with Crippen LogP contribution in [-0.4, -0.2) is 62.1 Å². The third-order valence-corrected chi connectivity index (χ3v) is 6.08. The minimum Gasteiger partial charge on any atom is -0.493 e. The highest BCUT2D eigenvalue weighted by molar-refractivity contribution is 5.95. The lowest BCUT2D eigenvalue weighted by Gasteiger charge is -2.30. The number of carbonyl (C=O) groups is 1. The minimum atomic E-state index is -0.242. The largest absolute Gasteiger partial charge is 0.493 e. The van der Waals surface area contributed by atoms with Gasteiger partial charge in [0.25, 0.3) is 5.91 Å². The van der Waals surface area contributed by atoms with Crippen LogP contribution in [-0.2, 0) is 0 Å². The van der Waals surface area contributed by atoms with Gasteiger partial charge in [-0.2, -0.15) is 0 Å². The molecule has 1 fully saturated rings. The van der Waals surface area contributed by atoms with Gasteiger partial charge >= 0.3 is 0 Å². The molecular formula is C25H29FN2O3. The van der Waals surface area contributed by atoms with E-state index in [0.717, 1.165) is 43.5 Å². The smallest absolute Gasteiger partial charge is 0.254 e. The Morgan fingerprint density at radius 3 is 2.42 bits per heavy atom. The maximum absolute atomic E-state index is 13.2. The quantitative estimate of drug-likeness (QED) is 0.720. The Labute approximate surface area is 183 Å². The molecule has 2 aliphatic rings. The molecule has 1 amide bonds. The fraction of sp³-hybridized carbons (Fsp3) is 0.400. The monoisotopic (exact) mass is 424 g/mol. The van der Waals surface area contributed by atoms with Gasteiger partial charge in [0.15, 0.2) is 11.5 Å². The summed E-state index contributed by atoms with van der Waals surface area (Å²) in [7, 11) is 3.72. The normalized spacial score (nSPS) is 17.9. The number of hydrogen-bond acceptors (Lipinski definition) is 4. The Morgan fingerprint density at radius 2 is 1.77 bits per heavy atom. The van der Waals surface area contributed by atoms with E-state index in [1.54, 1.807) is 25.3 Å². The van der Waals surface area contributed by atoms with Crippen LogP contribution in [0.15, 0.2) is 48.5 Å². The van der Waals surface area contributed by atoms with Gasteiger partial charge < -0.3 is 19.3 Å². The van der Waals surface area contributed by atoms with Gasteiger partial charge in [0, 0.05) is 31.7 Å². The molecular weight excluding hydrogens is 395 g/mol. The lowest BCUT2D eigenvalue weighted by atomic mass is 9.99. The van der Waals surface area contributed by atoms with E-state index in [0.29, 0.717) is 30.2 Å². The molecule has 6 heteroatoms. The van der Waals surface area contributed by atoms with Gasteiger partial charge in [-0.15, -0.1) is 0 Å². The number of carbonyl (C=O) groups excluding carboxylic acids is 1. The van der Waals surface area contributed by atoms with E-state index >= 15 is 0 Å². The van der Waals surface area contributed by atoms with Crippen LogP contribution in [0, 0.1) is 5.82 Å². The lowest BCUT2D eigenvalue weighted by Crippen LogP contribution is -2.36. The summed E-state index contributed by atoms with van der Waals surface area (Å²) in [6.07, 6.45) is 4.92. The van der Waals surface area contributed by atoms with Crippen molar-refractivity contribution < 1.29 is 18.7 Å². The van der Waals surface area contributed by atoms with Gasteiger partial charge in [0.1, 0.15) is 11.9 Å². The zero-order valence-corrected chi connectivity index (χ0v) is 18.1. The van der Waals surface area contributed by atoms with E-state index in [1.807, 2.05) is 23.1 Å². The average molecular weight is 425 g/mol. The highest BCUT2D eigenvalue weighted by Gasteiger charge is 2.23. The first-order valence-electron chi connectivity index (χ1n) is 10.8. The van der Waals surface area contributed by atoms with Gasteiger partial charge in [-0.1, -0.05) is 18.2 Å². The fourth-order valence-corrected chi connectivity index (χ4v) is 4.14. The summed E-state index contributed by atoms with van der Waals surface area (Å²) >= 11 is 0. The van der Waals surface area contributed by atoms with Crippen molar-refractivity contribution in [2.24, 2.45) is 0 Å². The second-order valence-electron chi connectivity index (χ2n) is 8.22. The topological polar surface area (TPSA) is 42.0 Å². The standard InChI is InChI=1S/C25H29FN2O3/c1-27-13-11-22(12-14-27)31-23-8-5-20(17-24(23)30-2)25(29)28-15-9-19(10-16-28)18-3-6-21(26)7-4-18/h3-9,17,22H,10-16H2,1-2H3. The first kappa shape index (κ1) is 21.4. The number of halogens is 1. The van der Waals surface area contributed by atoms with Crippen molar-refractivity contribution in [3.8, 4) is 11.5 Å². The highest BCUT2D eigenvalue weighted by atomic mass is 19.1. The zero-order valence-electron chi connectivity index (χ0n) is 18.1. The summed E-state index contributed by atoms with van der Waals surface area (Å²) in [5, 5.41) is 0. The zero-order chi connectivity index (χ0) is 21.8. The third kappa shape index (κ3) is 5.07. The summed E-state index contributed by atoms with van der Waals surface area (Å²) in [4.78, 5) is 17.2. The number of amides is 1. The second-order valence-corrected chi connectivity index (χ2v) is 8.22. The maximum atomic E-state index is 13.2. The van der Waals surface area contributed by atoms with E-state index in [-0.39, 0.29) is 17.8 Å². The van der Waals surface area contributed by atoms with Crippen molar-refractivity contribution >= 4 is 11.5 Å². The van der Waals surface area contributed by atoms with Gasteiger partial charge in [0.05, 0.1) is 7.11 Å². The van der Waals surface area contributed by atoms with Crippen molar-refractivity contribution in [2.75, 3.05) is 40.3 Å². The molecule has 0 bridgehead atoms. The summed E-state index contributed by atoms with van der Waals surface area (Å²) in [6, 6.07) is 11.9. The number of ether oxygens (including phenoxy) is 2. The number of piperidine rings is 1. The van der Waals surface area contributed by atoms with Crippen molar-refractivity contribution in [1.82, 2.24) is 9.80 Å². The average Bonchev–Trinajstić information content (AvgIpc) is 2.81. The molecule has 0 aromatic heterocycles. The van der Waals surface area contributed by atoms with E-state index in [2.05, 4.69) is 11.9 Å². The van der Waals surface area contributed by atoms with Crippen molar-refractivity contribution in [3.05, 3.63) is 65.5 Å². The molecule has 0 N–H and O–H groups in total. The van der Waals surface area contributed by atoms with Gasteiger partial charge in [-0.05, 0) is 67.8 Å². The predicted octanol–water partition coefficient (Wildman–Crippen LogP) is 4.24. The molecule has 0 spiro atoms. The van der Waals surface area contributed by atoms with Gasteiger partial charge in [0.2, 0.25) is 0 Å². The molecule has 4 rings (SSSR count). The predicted molar refractivity (Wildman–Crippen MR) is 119 cm³/mol. The summed E-state index contributed by atoms with van der Waals surface area (Å²) < 4.78 is 24.8. The number of rotatable bonds is 5. The fourth-order valence-electron chi connectivity index (χ4n) is 4.14. The van der Waals surface area contributed by atoms with Crippen molar-refractivity contribution in [1.29, 1.82) is 0 Å². The van der Waals surface area contributed by atoms with E-state index < -0.39 is 0 Å². The van der Waals surface area contributed by atoms with Crippen LogP contribution in [0.1, 0.15) is 35.2 Å².